The first-order valence-electron chi connectivity index (χ1n) is 6.74. The molecule has 0 amide bonds. The number of nitrogens with zero attached hydrogens (tertiary/aromatic N) is 1. The van der Waals surface area contributed by atoms with Crippen molar-refractivity contribution in [1.82, 2.24) is 4.98 Å². The third-order valence-corrected chi connectivity index (χ3v) is 4.67. The summed E-state index contributed by atoms with van der Waals surface area (Å²) < 4.78 is 5.08. The summed E-state index contributed by atoms with van der Waals surface area (Å²) in [5, 5.41) is 2.38. The zero-order valence-corrected chi connectivity index (χ0v) is 12.5. The first-order chi connectivity index (χ1) is 10.3. The highest BCUT2D eigenvalue weighted by Gasteiger charge is 2.21. The summed E-state index contributed by atoms with van der Waals surface area (Å²) in [5.41, 5.74) is 4.00. The van der Waals surface area contributed by atoms with E-state index in [0.29, 0.717) is 13.1 Å². The van der Waals surface area contributed by atoms with E-state index >= 15 is 0 Å². The van der Waals surface area contributed by atoms with Crippen LogP contribution in [-0.2, 0) is 9.53 Å². The Kier molecular flexibility index (Phi) is 3.97. The third-order valence-electron chi connectivity index (χ3n) is 3.63. The van der Waals surface area contributed by atoms with Gasteiger partial charge in [-0.2, -0.15) is 0 Å². The topological polar surface area (TPSA) is 39.2 Å². The fraction of sp³-hybridized carbons (Fsp3) is 0.176. The number of carbonyl (C=O) groups excluding carboxylic acids is 1. The van der Waals surface area contributed by atoms with Crippen LogP contribution in [0.4, 0.5) is 0 Å². The third kappa shape index (κ3) is 2.67. The van der Waals surface area contributed by atoms with E-state index in [-0.39, 0.29) is 5.92 Å². The van der Waals surface area contributed by atoms with Crippen molar-refractivity contribution in [3.05, 3.63) is 64.1 Å². The van der Waals surface area contributed by atoms with E-state index in [1.165, 1.54) is 16.3 Å². The predicted molar refractivity (Wildman–Crippen MR) is 84.7 cm³/mol. The minimum absolute atomic E-state index is 0.0220. The van der Waals surface area contributed by atoms with E-state index < -0.39 is 0 Å². The lowest BCUT2D eigenvalue weighted by molar-refractivity contribution is -0.128. The van der Waals surface area contributed by atoms with Gasteiger partial charge in [0.05, 0.1) is 17.1 Å². The van der Waals surface area contributed by atoms with Gasteiger partial charge < -0.3 is 4.74 Å². The van der Waals surface area contributed by atoms with E-state index in [4.69, 9.17) is 4.74 Å². The van der Waals surface area contributed by atoms with Crippen LogP contribution in [-0.4, -0.2) is 18.1 Å². The number of benzene rings is 2. The number of aromatic nitrogens is 1. The van der Waals surface area contributed by atoms with Crippen molar-refractivity contribution in [2.75, 3.05) is 6.61 Å². The molecule has 21 heavy (non-hydrogen) atoms. The average Bonchev–Trinajstić information content (AvgIpc) is 2.94. The van der Waals surface area contributed by atoms with Crippen LogP contribution >= 0.6 is 11.3 Å². The molecule has 0 N–H and O–H groups in total. The van der Waals surface area contributed by atoms with Gasteiger partial charge in [-0.3, -0.25) is 4.79 Å². The summed E-state index contributed by atoms with van der Waals surface area (Å²) in [6.45, 7) is 2.83. The minimum atomic E-state index is 0.0220. The lowest BCUT2D eigenvalue weighted by atomic mass is 9.92. The fourth-order valence-corrected chi connectivity index (χ4v) is 3.55. The second kappa shape index (κ2) is 6.06. The first-order valence-corrected chi connectivity index (χ1v) is 7.62. The first kappa shape index (κ1) is 13.8. The van der Waals surface area contributed by atoms with Gasteiger partial charge in [-0.1, -0.05) is 42.5 Å². The summed E-state index contributed by atoms with van der Waals surface area (Å²) >= 11 is 1.60. The SMILES string of the molecule is Cc1ncsc1C(COC=O)c1cccc2ccccc12. The Morgan fingerprint density at radius 3 is 2.81 bits per heavy atom. The Balaban J connectivity index is 2.14. The maximum Gasteiger partial charge on any atom is 0.293 e. The standard InChI is InChI=1S/C17H15NO2S/c1-12-17(21-10-18-12)16(9-20-11-19)15-8-4-6-13-5-2-3-7-14(13)15/h2-8,10-11,16H,9H2,1H3. The second-order valence-electron chi connectivity index (χ2n) is 4.85. The van der Waals surface area contributed by atoms with Gasteiger partial charge in [0.2, 0.25) is 0 Å². The Labute approximate surface area is 127 Å². The predicted octanol–water partition coefficient (Wildman–Crippen LogP) is 3.91. The summed E-state index contributed by atoms with van der Waals surface area (Å²) in [7, 11) is 0. The number of carbonyl (C=O) groups is 1. The molecular formula is C17H15NO2S. The van der Waals surface area contributed by atoms with Gasteiger partial charge in [0.15, 0.2) is 0 Å². The molecule has 3 rings (SSSR count). The van der Waals surface area contributed by atoms with Gasteiger partial charge in [0, 0.05) is 4.88 Å². The number of fused-ring (bicyclic) bond motifs is 1. The monoisotopic (exact) mass is 297 g/mol. The summed E-state index contributed by atoms with van der Waals surface area (Å²) in [5.74, 6) is 0.0220. The van der Waals surface area contributed by atoms with Crippen LogP contribution in [0.2, 0.25) is 0 Å². The molecule has 1 heterocycles. The highest BCUT2D eigenvalue weighted by molar-refractivity contribution is 7.09. The molecule has 0 aliphatic rings. The van der Waals surface area contributed by atoms with E-state index in [9.17, 15) is 4.79 Å². The molecule has 1 atom stereocenters. The molecule has 1 unspecified atom stereocenters. The molecule has 0 radical (unpaired) electrons. The smallest absolute Gasteiger partial charge is 0.293 e. The molecule has 0 spiro atoms. The molecule has 4 heteroatoms. The van der Waals surface area contributed by atoms with Crippen molar-refractivity contribution in [2.45, 2.75) is 12.8 Å². The molecule has 106 valence electrons. The summed E-state index contributed by atoms with van der Waals surface area (Å²) in [6, 6.07) is 14.5. The fourth-order valence-electron chi connectivity index (χ4n) is 2.64. The molecule has 0 saturated heterocycles. The van der Waals surface area contributed by atoms with E-state index in [1.807, 2.05) is 30.6 Å². The molecule has 2 aromatic carbocycles. The zero-order chi connectivity index (χ0) is 14.7. The van der Waals surface area contributed by atoms with Crippen molar-refractivity contribution < 1.29 is 9.53 Å². The second-order valence-corrected chi connectivity index (χ2v) is 5.74. The largest absolute Gasteiger partial charge is 0.467 e. The molecule has 0 fully saturated rings. The number of hydrogen-bond donors (Lipinski definition) is 0. The molecule has 0 aliphatic heterocycles. The zero-order valence-electron chi connectivity index (χ0n) is 11.7. The van der Waals surface area contributed by atoms with Crippen LogP contribution in [0.5, 0.6) is 0 Å². The molecule has 0 bridgehead atoms. The number of aryl methyl sites for hydroxylation is 1. The van der Waals surface area contributed by atoms with Crippen LogP contribution in [0, 0.1) is 6.92 Å². The Morgan fingerprint density at radius 1 is 1.24 bits per heavy atom. The summed E-state index contributed by atoms with van der Waals surface area (Å²) in [6.07, 6.45) is 0. The van der Waals surface area contributed by atoms with Crippen molar-refractivity contribution in [1.29, 1.82) is 0 Å². The lowest BCUT2D eigenvalue weighted by Crippen LogP contribution is -2.09. The van der Waals surface area contributed by atoms with Crippen LogP contribution < -0.4 is 0 Å². The molecule has 3 aromatic rings. The Bertz CT molecular complexity index is 761. The van der Waals surface area contributed by atoms with E-state index in [0.717, 1.165) is 10.6 Å². The average molecular weight is 297 g/mol. The van der Waals surface area contributed by atoms with Crippen molar-refractivity contribution in [2.24, 2.45) is 0 Å². The Hall–Kier alpha value is -2.20. The number of thiazole rings is 1. The van der Waals surface area contributed by atoms with Crippen LogP contribution in [0.3, 0.4) is 0 Å². The quantitative estimate of drug-likeness (QED) is 0.670. The van der Waals surface area contributed by atoms with Gasteiger partial charge in [0.25, 0.3) is 6.47 Å². The minimum Gasteiger partial charge on any atom is -0.467 e. The van der Waals surface area contributed by atoms with Gasteiger partial charge in [-0.25, -0.2) is 4.98 Å². The van der Waals surface area contributed by atoms with Crippen molar-refractivity contribution in [3.8, 4) is 0 Å². The number of ether oxygens (including phenoxy) is 1. The number of hydrogen-bond acceptors (Lipinski definition) is 4. The molecular weight excluding hydrogens is 282 g/mol. The molecule has 3 nitrogen and oxygen atoms in total. The van der Waals surface area contributed by atoms with Crippen LogP contribution in [0.15, 0.2) is 48.0 Å². The van der Waals surface area contributed by atoms with Gasteiger partial charge in [0.1, 0.15) is 6.61 Å². The molecule has 0 aliphatic carbocycles. The normalized spacial score (nSPS) is 12.2. The molecule has 1 aromatic heterocycles. The van der Waals surface area contributed by atoms with Crippen molar-refractivity contribution >= 4 is 28.6 Å². The number of rotatable bonds is 5. The maximum atomic E-state index is 10.6. The van der Waals surface area contributed by atoms with E-state index in [2.05, 4.69) is 29.2 Å². The maximum absolute atomic E-state index is 10.6. The Morgan fingerprint density at radius 2 is 2.05 bits per heavy atom. The van der Waals surface area contributed by atoms with E-state index in [1.54, 1.807) is 11.3 Å². The van der Waals surface area contributed by atoms with Gasteiger partial charge in [-0.15, -0.1) is 11.3 Å². The summed E-state index contributed by atoms with van der Waals surface area (Å²) in [4.78, 5) is 16.1. The highest BCUT2D eigenvalue weighted by atomic mass is 32.1. The van der Waals surface area contributed by atoms with Crippen LogP contribution in [0.25, 0.3) is 10.8 Å². The van der Waals surface area contributed by atoms with Gasteiger partial charge >= 0.3 is 0 Å². The molecule has 0 saturated carbocycles. The lowest BCUT2D eigenvalue weighted by Gasteiger charge is -2.17. The van der Waals surface area contributed by atoms with Gasteiger partial charge in [-0.05, 0) is 23.3 Å². The van der Waals surface area contributed by atoms with Crippen LogP contribution in [0.1, 0.15) is 22.1 Å². The highest BCUT2D eigenvalue weighted by Crippen LogP contribution is 2.34. The van der Waals surface area contributed by atoms with Crippen molar-refractivity contribution in [3.63, 3.8) is 0 Å².